The Hall–Kier alpha value is -1.20. The maximum atomic E-state index is 11.1. The maximum absolute atomic E-state index is 11.1. The van der Waals surface area contributed by atoms with Crippen LogP contribution in [0.15, 0.2) is 10.9 Å². The van der Waals surface area contributed by atoms with Crippen molar-refractivity contribution in [2.75, 3.05) is 20.6 Å². The minimum Gasteiger partial charge on any atom is -0.325 e. The minimum absolute atomic E-state index is 0.318. The highest BCUT2D eigenvalue weighted by Gasteiger charge is 2.00. The Labute approximate surface area is 83.0 Å². The average molecular weight is 196 g/mol. The van der Waals surface area contributed by atoms with Crippen LogP contribution in [-0.4, -0.2) is 35.5 Å². The Balaban J connectivity index is 2.76. The second-order valence-corrected chi connectivity index (χ2v) is 3.46. The van der Waals surface area contributed by atoms with Crippen molar-refractivity contribution in [3.63, 3.8) is 0 Å². The van der Waals surface area contributed by atoms with Gasteiger partial charge in [0, 0.05) is 30.9 Å². The number of H-pyrrole nitrogens is 1. The zero-order valence-electron chi connectivity index (χ0n) is 8.58. The molecule has 0 bridgehead atoms. The number of hydrogen-bond acceptors (Lipinski definition) is 4. The predicted molar refractivity (Wildman–Crippen MR) is 55.0 cm³/mol. The van der Waals surface area contributed by atoms with Gasteiger partial charge in [0.25, 0.3) is 0 Å². The molecule has 1 aromatic rings. The van der Waals surface area contributed by atoms with E-state index in [1.165, 1.54) is 0 Å². The quantitative estimate of drug-likeness (QED) is 0.670. The summed E-state index contributed by atoms with van der Waals surface area (Å²) in [4.78, 5) is 19.6. The molecule has 0 aromatic carbocycles. The number of likely N-dealkylation sites (N-methyl/N-ethyl adjacent to an activating group) is 1. The van der Waals surface area contributed by atoms with Crippen molar-refractivity contribution in [3.8, 4) is 0 Å². The van der Waals surface area contributed by atoms with Gasteiger partial charge < -0.3 is 15.6 Å². The lowest BCUT2D eigenvalue weighted by Gasteiger charge is -2.08. The van der Waals surface area contributed by atoms with Gasteiger partial charge in [-0.2, -0.15) is 4.98 Å². The molecule has 0 atom stereocenters. The monoisotopic (exact) mass is 196 g/mol. The lowest BCUT2D eigenvalue weighted by Crippen LogP contribution is -2.20. The molecule has 3 N–H and O–H groups in total. The van der Waals surface area contributed by atoms with Crippen LogP contribution in [0.2, 0.25) is 0 Å². The Bertz CT molecular complexity index is 345. The number of nitrogens with zero attached hydrogens (tertiary/aromatic N) is 2. The molecule has 0 amide bonds. The average Bonchev–Trinajstić information content (AvgIpc) is 2.14. The molecule has 1 rings (SSSR count). The summed E-state index contributed by atoms with van der Waals surface area (Å²) in [5.41, 5.74) is 6.65. The lowest BCUT2D eigenvalue weighted by molar-refractivity contribution is 0.411. The van der Waals surface area contributed by atoms with Gasteiger partial charge in [0.05, 0.1) is 0 Å². The molecular formula is C9H16N4O. The molecule has 1 heterocycles. The Kier molecular flexibility index (Phi) is 3.79. The van der Waals surface area contributed by atoms with Crippen LogP contribution in [0, 0.1) is 0 Å². The second-order valence-electron chi connectivity index (χ2n) is 3.46. The summed E-state index contributed by atoms with van der Waals surface area (Å²) in [5, 5.41) is 0. The Morgan fingerprint density at radius 2 is 2.29 bits per heavy atom. The number of nitrogens with one attached hydrogen (secondary N) is 1. The molecule has 0 spiro atoms. The summed E-state index contributed by atoms with van der Waals surface area (Å²) < 4.78 is 0. The van der Waals surface area contributed by atoms with Crippen molar-refractivity contribution < 1.29 is 0 Å². The molecule has 1 aromatic heterocycles. The number of rotatable bonds is 4. The third-order valence-corrected chi connectivity index (χ3v) is 1.89. The van der Waals surface area contributed by atoms with Crippen LogP contribution in [0.5, 0.6) is 0 Å². The van der Waals surface area contributed by atoms with E-state index in [1.54, 1.807) is 0 Å². The van der Waals surface area contributed by atoms with E-state index in [0.29, 0.717) is 6.54 Å². The smallest absolute Gasteiger partial charge is 0.325 e. The summed E-state index contributed by atoms with van der Waals surface area (Å²) in [6.45, 7) is 1.22. The van der Waals surface area contributed by atoms with Crippen LogP contribution in [-0.2, 0) is 13.0 Å². The van der Waals surface area contributed by atoms with Gasteiger partial charge in [-0.15, -0.1) is 0 Å². The molecule has 0 radical (unpaired) electrons. The van der Waals surface area contributed by atoms with Crippen molar-refractivity contribution in [3.05, 3.63) is 27.9 Å². The topological polar surface area (TPSA) is 75.0 Å². The summed E-state index contributed by atoms with van der Waals surface area (Å²) in [6.07, 6.45) is 0.768. The zero-order valence-corrected chi connectivity index (χ0v) is 8.58. The van der Waals surface area contributed by atoms with Crippen LogP contribution in [0.1, 0.15) is 11.4 Å². The molecule has 78 valence electrons. The molecular weight excluding hydrogens is 180 g/mol. The summed E-state index contributed by atoms with van der Waals surface area (Å²) in [7, 11) is 3.97. The van der Waals surface area contributed by atoms with Gasteiger partial charge in [-0.05, 0) is 20.2 Å². The van der Waals surface area contributed by atoms with Gasteiger partial charge in [-0.1, -0.05) is 0 Å². The molecule has 0 aliphatic rings. The van der Waals surface area contributed by atoms with E-state index in [2.05, 4.69) is 9.97 Å². The van der Waals surface area contributed by atoms with Gasteiger partial charge in [0.15, 0.2) is 0 Å². The van der Waals surface area contributed by atoms with Gasteiger partial charge in [0.1, 0.15) is 0 Å². The van der Waals surface area contributed by atoms with E-state index < -0.39 is 0 Å². The highest BCUT2D eigenvalue weighted by molar-refractivity contribution is 5.08. The van der Waals surface area contributed by atoms with Crippen molar-refractivity contribution in [1.82, 2.24) is 14.9 Å². The molecule has 0 saturated carbocycles. The molecule has 14 heavy (non-hydrogen) atoms. The molecule has 5 heteroatoms. The first-order chi connectivity index (χ1) is 6.61. The van der Waals surface area contributed by atoms with Crippen molar-refractivity contribution in [2.24, 2.45) is 5.73 Å². The van der Waals surface area contributed by atoms with Crippen LogP contribution < -0.4 is 11.4 Å². The molecule has 0 fully saturated rings. The third-order valence-electron chi connectivity index (χ3n) is 1.89. The van der Waals surface area contributed by atoms with E-state index in [0.717, 1.165) is 24.4 Å². The third kappa shape index (κ3) is 3.27. The number of aromatic nitrogens is 2. The number of nitrogens with two attached hydrogens (primary N) is 1. The van der Waals surface area contributed by atoms with Crippen molar-refractivity contribution in [1.29, 1.82) is 0 Å². The van der Waals surface area contributed by atoms with Gasteiger partial charge in [0.2, 0.25) is 0 Å². The maximum Gasteiger partial charge on any atom is 0.345 e. The van der Waals surface area contributed by atoms with Gasteiger partial charge >= 0.3 is 5.69 Å². The first-order valence-electron chi connectivity index (χ1n) is 4.55. The fourth-order valence-electron chi connectivity index (χ4n) is 1.14. The van der Waals surface area contributed by atoms with Crippen molar-refractivity contribution in [2.45, 2.75) is 13.0 Å². The molecule has 0 unspecified atom stereocenters. The first kappa shape index (κ1) is 10.9. The van der Waals surface area contributed by atoms with Gasteiger partial charge in [-0.25, -0.2) is 4.79 Å². The SMILES string of the molecule is CN(C)CCc1cc(CN)[nH]c(=O)n1. The summed E-state index contributed by atoms with van der Waals surface area (Å²) >= 11 is 0. The second kappa shape index (κ2) is 4.88. The highest BCUT2D eigenvalue weighted by atomic mass is 16.1. The summed E-state index contributed by atoms with van der Waals surface area (Å²) in [5.74, 6) is 0. The normalized spacial score (nSPS) is 10.9. The molecule has 0 saturated heterocycles. The fraction of sp³-hybridized carbons (Fsp3) is 0.556. The Morgan fingerprint density at radius 1 is 1.57 bits per heavy atom. The standard InChI is InChI=1S/C9H16N4O/c1-13(2)4-3-7-5-8(6-10)12-9(14)11-7/h5H,3-4,6,10H2,1-2H3,(H,11,12,14). The van der Waals surface area contributed by atoms with E-state index in [1.807, 2.05) is 25.1 Å². The lowest BCUT2D eigenvalue weighted by atomic mass is 10.2. The van der Waals surface area contributed by atoms with Gasteiger partial charge in [-0.3, -0.25) is 0 Å². The highest BCUT2D eigenvalue weighted by Crippen LogP contribution is 1.96. The summed E-state index contributed by atoms with van der Waals surface area (Å²) in [6, 6.07) is 1.84. The van der Waals surface area contributed by atoms with Crippen LogP contribution >= 0.6 is 0 Å². The van der Waals surface area contributed by atoms with E-state index >= 15 is 0 Å². The minimum atomic E-state index is -0.318. The largest absolute Gasteiger partial charge is 0.345 e. The molecule has 0 aliphatic carbocycles. The van der Waals surface area contributed by atoms with E-state index in [-0.39, 0.29) is 5.69 Å². The van der Waals surface area contributed by atoms with Crippen molar-refractivity contribution >= 4 is 0 Å². The number of hydrogen-bond donors (Lipinski definition) is 2. The van der Waals surface area contributed by atoms with E-state index in [9.17, 15) is 4.79 Å². The molecule has 0 aliphatic heterocycles. The van der Waals surface area contributed by atoms with Crippen LogP contribution in [0.3, 0.4) is 0 Å². The van der Waals surface area contributed by atoms with E-state index in [4.69, 9.17) is 5.73 Å². The fourth-order valence-corrected chi connectivity index (χ4v) is 1.14. The van der Waals surface area contributed by atoms with Crippen LogP contribution in [0.4, 0.5) is 0 Å². The zero-order chi connectivity index (χ0) is 10.6. The first-order valence-corrected chi connectivity index (χ1v) is 4.55. The van der Waals surface area contributed by atoms with Crippen LogP contribution in [0.25, 0.3) is 0 Å². The predicted octanol–water partition coefficient (Wildman–Crippen LogP) is -0.667. The molecule has 5 nitrogen and oxygen atoms in total. The number of aromatic amines is 1. The Morgan fingerprint density at radius 3 is 2.86 bits per heavy atom.